The molecule has 1 heterocycles. The number of carboxylic acid groups (broad SMARTS) is 1. The van der Waals surface area contributed by atoms with Gasteiger partial charge in [0.05, 0.1) is 11.3 Å². The van der Waals surface area contributed by atoms with Crippen molar-refractivity contribution < 1.29 is 15.0 Å². The summed E-state index contributed by atoms with van der Waals surface area (Å²) in [6, 6.07) is 11.2. The molecule has 0 aliphatic rings. The lowest BCUT2D eigenvalue weighted by Gasteiger charge is -2.07. The van der Waals surface area contributed by atoms with Gasteiger partial charge in [0, 0.05) is 18.4 Å². The van der Waals surface area contributed by atoms with E-state index >= 15 is 0 Å². The first-order valence-electron chi connectivity index (χ1n) is 5.61. The van der Waals surface area contributed by atoms with Crippen LogP contribution in [0.1, 0.15) is 15.9 Å². The highest BCUT2D eigenvalue weighted by molar-refractivity contribution is 5.89. The molecule has 0 atom stereocenters. The minimum atomic E-state index is -1.02. The molecule has 1 aromatic carbocycles. The van der Waals surface area contributed by atoms with Gasteiger partial charge in [-0.2, -0.15) is 0 Å². The lowest BCUT2D eigenvalue weighted by Crippen LogP contribution is -2.05. The van der Waals surface area contributed by atoms with Crippen LogP contribution in [0.15, 0.2) is 42.6 Å². The molecule has 18 heavy (non-hydrogen) atoms. The molecule has 4 heteroatoms. The van der Waals surface area contributed by atoms with Gasteiger partial charge in [0.1, 0.15) is 0 Å². The van der Waals surface area contributed by atoms with E-state index in [0.717, 1.165) is 5.56 Å². The monoisotopic (exact) mass is 243 g/mol. The van der Waals surface area contributed by atoms with Crippen LogP contribution in [0.3, 0.4) is 0 Å². The largest absolute Gasteiger partial charge is 0.478 e. The van der Waals surface area contributed by atoms with E-state index in [-0.39, 0.29) is 12.2 Å². The summed E-state index contributed by atoms with van der Waals surface area (Å²) in [6.45, 7) is -0.0848. The SMILES string of the molecule is O=C(O)c1cnc(-c2ccccc2)cc1CCO. The number of aromatic nitrogens is 1. The molecule has 2 N–H and O–H groups in total. The van der Waals surface area contributed by atoms with E-state index in [1.165, 1.54) is 6.20 Å². The number of pyridine rings is 1. The second-order valence-electron chi connectivity index (χ2n) is 3.87. The van der Waals surface area contributed by atoms with Crippen molar-refractivity contribution in [2.24, 2.45) is 0 Å². The Hall–Kier alpha value is -2.20. The number of hydrogen-bond acceptors (Lipinski definition) is 3. The minimum absolute atomic E-state index is 0.0848. The molecule has 0 aliphatic carbocycles. The minimum Gasteiger partial charge on any atom is -0.478 e. The smallest absolute Gasteiger partial charge is 0.337 e. The Morgan fingerprint density at radius 1 is 1.22 bits per heavy atom. The Morgan fingerprint density at radius 3 is 2.56 bits per heavy atom. The summed E-state index contributed by atoms with van der Waals surface area (Å²) in [5.41, 5.74) is 2.38. The summed E-state index contributed by atoms with van der Waals surface area (Å²) in [6.07, 6.45) is 1.65. The molecular formula is C14H13NO3. The molecule has 0 saturated heterocycles. The van der Waals surface area contributed by atoms with Crippen molar-refractivity contribution in [1.82, 2.24) is 4.98 Å². The summed E-state index contributed by atoms with van der Waals surface area (Å²) in [4.78, 5) is 15.2. The molecule has 2 rings (SSSR count). The molecule has 0 fully saturated rings. The van der Waals surface area contributed by atoms with Crippen molar-refractivity contribution in [3.63, 3.8) is 0 Å². The second kappa shape index (κ2) is 5.42. The fraction of sp³-hybridized carbons (Fsp3) is 0.143. The van der Waals surface area contributed by atoms with E-state index < -0.39 is 5.97 Å². The van der Waals surface area contributed by atoms with Gasteiger partial charge in [-0.25, -0.2) is 4.79 Å². The third-order valence-corrected chi connectivity index (χ3v) is 2.67. The summed E-state index contributed by atoms with van der Waals surface area (Å²) in [7, 11) is 0. The first kappa shape index (κ1) is 12.3. The molecule has 0 bridgehead atoms. The van der Waals surface area contributed by atoms with Gasteiger partial charge in [0.2, 0.25) is 0 Å². The maximum absolute atomic E-state index is 11.0. The molecule has 0 unspecified atom stereocenters. The number of carbonyl (C=O) groups is 1. The lowest BCUT2D eigenvalue weighted by atomic mass is 10.0. The first-order valence-corrected chi connectivity index (χ1v) is 5.61. The number of carboxylic acids is 1. The number of rotatable bonds is 4. The van der Waals surface area contributed by atoms with E-state index in [0.29, 0.717) is 17.7 Å². The molecule has 1 aromatic heterocycles. The number of aliphatic hydroxyl groups excluding tert-OH is 1. The van der Waals surface area contributed by atoms with Crippen LogP contribution in [0.25, 0.3) is 11.3 Å². The quantitative estimate of drug-likeness (QED) is 0.861. The van der Waals surface area contributed by atoms with Crippen LogP contribution in [0.4, 0.5) is 0 Å². The topological polar surface area (TPSA) is 70.4 Å². The first-order chi connectivity index (χ1) is 8.72. The van der Waals surface area contributed by atoms with Crippen LogP contribution in [0.2, 0.25) is 0 Å². The highest BCUT2D eigenvalue weighted by Crippen LogP contribution is 2.20. The number of hydrogen-bond donors (Lipinski definition) is 2. The Kier molecular flexibility index (Phi) is 3.69. The van der Waals surface area contributed by atoms with Crippen molar-refractivity contribution in [2.75, 3.05) is 6.61 Å². The third kappa shape index (κ3) is 2.55. The van der Waals surface area contributed by atoms with Gasteiger partial charge in [0.15, 0.2) is 0 Å². The van der Waals surface area contributed by atoms with Crippen LogP contribution in [-0.4, -0.2) is 27.8 Å². The van der Waals surface area contributed by atoms with Crippen LogP contribution in [0, 0.1) is 0 Å². The fourth-order valence-corrected chi connectivity index (χ4v) is 1.78. The highest BCUT2D eigenvalue weighted by Gasteiger charge is 2.11. The average Bonchev–Trinajstić information content (AvgIpc) is 2.40. The Balaban J connectivity index is 2.46. The van der Waals surface area contributed by atoms with Gasteiger partial charge in [-0.1, -0.05) is 30.3 Å². The predicted octanol–water partition coefficient (Wildman–Crippen LogP) is 1.98. The van der Waals surface area contributed by atoms with E-state index in [9.17, 15) is 4.79 Å². The van der Waals surface area contributed by atoms with Crippen LogP contribution in [-0.2, 0) is 6.42 Å². The third-order valence-electron chi connectivity index (χ3n) is 2.67. The van der Waals surface area contributed by atoms with Crippen LogP contribution >= 0.6 is 0 Å². The molecular weight excluding hydrogens is 230 g/mol. The molecule has 0 saturated carbocycles. The van der Waals surface area contributed by atoms with Crippen molar-refractivity contribution >= 4 is 5.97 Å². The Labute approximate surface area is 105 Å². The number of aromatic carboxylic acids is 1. The highest BCUT2D eigenvalue weighted by atomic mass is 16.4. The molecule has 2 aromatic rings. The van der Waals surface area contributed by atoms with E-state index in [1.54, 1.807) is 6.07 Å². The van der Waals surface area contributed by atoms with Gasteiger partial charge < -0.3 is 10.2 Å². The number of aliphatic hydroxyl groups is 1. The standard InChI is InChI=1S/C14H13NO3/c16-7-6-11-8-13(10-4-2-1-3-5-10)15-9-12(11)14(17)18/h1-5,8-9,16H,6-7H2,(H,17,18). The molecule has 0 radical (unpaired) electrons. The van der Waals surface area contributed by atoms with E-state index in [1.807, 2.05) is 30.3 Å². The lowest BCUT2D eigenvalue weighted by molar-refractivity contribution is 0.0695. The van der Waals surface area contributed by atoms with Crippen molar-refractivity contribution in [3.05, 3.63) is 53.7 Å². The fourth-order valence-electron chi connectivity index (χ4n) is 1.78. The van der Waals surface area contributed by atoms with E-state index in [2.05, 4.69) is 4.98 Å². The Bertz CT molecular complexity index is 552. The summed E-state index contributed by atoms with van der Waals surface area (Å²) >= 11 is 0. The molecule has 0 aliphatic heterocycles. The molecule has 0 amide bonds. The van der Waals surface area contributed by atoms with E-state index in [4.69, 9.17) is 10.2 Å². The number of nitrogens with zero attached hydrogens (tertiary/aromatic N) is 1. The normalized spacial score (nSPS) is 10.3. The van der Waals surface area contributed by atoms with Gasteiger partial charge >= 0.3 is 5.97 Å². The zero-order valence-electron chi connectivity index (χ0n) is 9.71. The predicted molar refractivity (Wildman–Crippen MR) is 67.4 cm³/mol. The maximum atomic E-state index is 11.0. The van der Waals surface area contributed by atoms with Gasteiger partial charge in [0.25, 0.3) is 0 Å². The molecule has 4 nitrogen and oxygen atoms in total. The zero-order valence-corrected chi connectivity index (χ0v) is 9.71. The van der Waals surface area contributed by atoms with Gasteiger partial charge in [-0.15, -0.1) is 0 Å². The van der Waals surface area contributed by atoms with Gasteiger partial charge in [-0.05, 0) is 18.1 Å². The van der Waals surface area contributed by atoms with Crippen LogP contribution in [0.5, 0.6) is 0 Å². The average molecular weight is 243 g/mol. The molecule has 92 valence electrons. The van der Waals surface area contributed by atoms with Crippen molar-refractivity contribution in [3.8, 4) is 11.3 Å². The van der Waals surface area contributed by atoms with Crippen molar-refractivity contribution in [2.45, 2.75) is 6.42 Å². The maximum Gasteiger partial charge on any atom is 0.337 e. The van der Waals surface area contributed by atoms with Crippen molar-refractivity contribution in [1.29, 1.82) is 0 Å². The summed E-state index contributed by atoms with van der Waals surface area (Å²) in [5.74, 6) is -1.02. The molecule has 0 spiro atoms. The zero-order chi connectivity index (χ0) is 13.0. The summed E-state index contributed by atoms with van der Waals surface area (Å²) < 4.78 is 0. The Morgan fingerprint density at radius 2 is 1.94 bits per heavy atom. The van der Waals surface area contributed by atoms with Gasteiger partial charge in [-0.3, -0.25) is 4.98 Å². The summed E-state index contributed by atoms with van der Waals surface area (Å²) in [5, 5.41) is 18.0. The second-order valence-corrected chi connectivity index (χ2v) is 3.87. The van der Waals surface area contributed by atoms with Crippen LogP contribution < -0.4 is 0 Å². The number of benzene rings is 1.